The molecule has 1 rings (SSSR count). The first-order valence-corrected chi connectivity index (χ1v) is 7.49. The molecule has 1 atom stereocenters. The Kier molecular flexibility index (Phi) is 6.08. The van der Waals surface area contributed by atoms with Gasteiger partial charge in [-0.2, -0.15) is 0 Å². The van der Waals surface area contributed by atoms with Crippen molar-refractivity contribution in [2.45, 2.75) is 33.4 Å². The van der Waals surface area contributed by atoms with Crippen molar-refractivity contribution in [3.05, 3.63) is 34.3 Å². The lowest BCUT2D eigenvalue weighted by Crippen LogP contribution is -2.34. The third kappa shape index (κ3) is 4.22. The molecule has 1 N–H and O–H groups in total. The predicted octanol–water partition coefficient (Wildman–Crippen LogP) is 4.20. The van der Waals surface area contributed by atoms with Gasteiger partial charge in [0.05, 0.1) is 0 Å². The summed E-state index contributed by atoms with van der Waals surface area (Å²) in [7, 11) is 0. The van der Waals surface area contributed by atoms with Crippen molar-refractivity contribution in [2.75, 3.05) is 4.43 Å². The van der Waals surface area contributed by atoms with Crippen LogP contribution in [0.5, 0.6) is 0 Å². The Morgan fingerprint density at radius 3 is 2.56 bits per heavy atom. The number of nitrogens with one attached hydrogen (secondary N) is 1. The van der Waals surface area contributed by atoms with Gasteiger partial charge in [-0.05, 0) is 30.0 Å². The van der Waals surface area contributed by atoms with Crippen LogP contribution >= 0.6 is 34.2 Å². The summed E-state index contributed by atoms with van der Waals surface area (Å²) in [6.07, 6.45) is 0. The van der Waals surface area contributed by atoms with Crippen LogP contribution in [0.1, 0.15) is 25.0 Å². The lowest BCUT2D eigenvalue weighted by molar-refractivity contribution is 0.436. The molecule has 0 bridgehead atoms. The van der Waals surface area contributed by atoms with Gasteiger partial charge in [0.25, 0.3) is 0 Å². The smallest absolute Gasteiger partial charge is 0.0453 e. The van der Waals surface area contributed by atoms with Crippen LogP contribution < -0.4 is 5.32 Å². The number of benzene rings is 1. The summed E-state index contributed by atoms with van der Waals surface area (Å²) >= 11 is 8.62. The highest BCUT2D eigenvalue weighted by molar-refractivity contribution is 14.1. The van der Waals surface area contributed by atoms with E-state index in [0.717, 1.165) is 16.0 Å². The first-order chi connectivity index (χ1) is 7.54. The monoisotopic (exact) mass is 351 g/mol. The second kappa shape index (κ2) is 6.82. The van der Waals surface area contributed by atoms with Crippen molar-refractivity contribution in [1.82, 2.24) is 5.32 Å². The quantitative estimate of drug-likeness (QED) is 0.619. The molecule has 0 radical (unpaired) electrons. The largest absolute Gasteiger partial charge is 0.309 e. The molecule has 0 spiro atoms. The van der Waals surface area contributed by atoms with Gasteiger partial charge in [-0.1, -0.05) is 60.2 Å². The standard InChI is InChI=1S/C13H19ClIN/c1-9(2)13(7-15)16-8-11-5-4-10(3)6-12(11)14/h4-6,9,13,16H,7-8H2,1-3H3. The zero-order valence-corrected chi connectivity index (χ0v) is 13.0. The average molecular weight is 352 g/mol. The van der Waals surface area contributed by atoms with E-state index in [4.69, 9.17) is 11.6 Å². The Labute approximate surface area is 117 Å². The Morgan fingerprint density at radius 1 is 1.38 bits per heavy atom. The predicted molar refractivity (Wildman–Crippen MR) is 80.5 cm³/mol. The van der Waals surface area contributed by atoms with E-state index >= 15 is 0 Å². The van der Waals surface area contributed by atoms with Crippen LogP contribution in [0.3, 0.4) is 0 Å². The van der Waals surface area contributed by atoms with E-state index in [9.17, 15) is 0 Å². The molecule has 0 fully saturated rings. The van der Waals surface area contributed by atoms with Crippen LogP contribution in [0.4, 0.5) is 0 Å². The molecule has 0 aliphatic heterocycles. The molecule has 1 unspecified atom stereocenters. The van der Waals surface area contributed by atoms with E-state index in [1.807, 2.05) is 6.07 Å². The van der Waals surface area contributed by atoms with Crippen LogP contribution in [0.25, 0.3) is 0 Å². The maximum Gasteiger partial charge on any atom is 0.0453 e. The SMILES string of the molecule is Cc1ccc(CNC(CI)C(C)C)c(Cl)c1. The van der Waals surface area contributed by atoms with E-state index in [1.165, 1.54) is 11.1 Å². The minimum Gasteiger partial charge on any atom is -0.309 e. The van der Waals surface area contributed by atoms with Crippen molar-refractivity contribution in [1.29, 1.82) is 0 Å². The van der Waals surface area contributed by atoms with Crippen LogP contribution in [0.15, 0.2) is 18.2 Å². The second-order valence-corrected chi connectivity index (χ2v) is 5.77. The minimum absolute atomic E-state index is 0.554. The molecule has 1 nitrogen and oxygen atoms in total. The normalized spacial score (nSPS) is 13.1. The third-order valence-electron chi connectivity index (χ3n) is 2.73. The van der Waals surface area contributed by atoms with Gasteiger partial charge >= 0.3 is 0 Å². The van der Waals surface area contributed by atoms with E-state index < -0.39 is 0 Å². The van der Waals surface area contributed by atoms with Crippen LogP contribution in [0.2, 0.25) is 5.02 Å². The molecule has 1 aromatic rings. The fourth-order valence-corrected chi connectivity index (χ4v) is 3.14. The molecule has 0 aliphatic carbocycles. The number of aryl methyl sites for hydroxylation is 1. The van der Waals surface area contributed by atoms with E-state index in [-0.39, 0.29) is 0 Å². The second-order valence-electron chi connectivity index (χ2n) is 4.48. The highest BCUT2D eigenvalue weighted by Crippen LogP contribution is 2.18. The molecule has 16 heavy (non-hydrogen) atoms. The van der Waals surface area contributed by atoms with Crippen LogP contribution in [-0.2, 0) is 6.54 Å². The summed E-state index contributed by atoms with van der Waals surface area (Å²) in [5.74, 6) is 0.654. The summed E-state index contributed by atoms with van der Waals surface area (Å²) in [6.45, 7) is 7.40. The minimum atomic E-state index is 0.554. The van der Waals surface area contributed by atoms with Gasteiger partial charge < -0.3 is 5.32 Å². The lowest BCUT2D eigenvalue weighted by atomic mass is 10.1. The molecule has 0 aromatic heterocycles. The van der Waals surface area contributed by atoms with E-state index in [0.29, 0.717) is 12.0 Å². The Bertz CT molecular complexity index is 339. The van der Waals surface area contributed by atoms with Crippen molar-refractivity contribution >= 4 is 34.2 Å². The first kappa shape index (κ1) is 14.3. The van der Waals surface area contributed by atoms with Gasteiger partial charge in [-0.15, -0.1) is 0 Å². The molecular formula is C13H19ClIN. The van der Waals surface area contributed by atoms with Crippen molar-refractivity contribution in [2.24, 2.45) is 5.92 Å². The van der Waals surface area contributed by atoms with Gasteiger partial charge in [0.1, 0.15) is 0 Å². The molecule has 0 saturated heterocycles. The first-order valence-electron chi connectivity index (χ1n) is 5.59. The van der Waals surface area contributed by atoms with Crippen molar-refractivity contribution in [3.63, 3.8) is 0 Å². The van der Waals surface area contributed by atoms with E-state index in [1.54, 1.807) is 0 Å². The zero-order valence-electron chi connectivity index (χ0n) is 10.1. The summed E-state index contributed by atoms with van der Waals surface area (Å²) in [6, 6.07) is 6.79. The lowest BCUT2D eigenvalue weighted by Gasteiger charge is -2.20. The number of hydrogen-bond donors (Lipinski definition) is 1. The highest BCUT2D eigenvalue weighted by Gasteiger charge is 2.11. The van der Waals surface area contributed by atoms with Gasteiger partial charge in [-0.25, -0.2) is 0 Å². The molecule has 0 saturated carbocycles. The van der Waals surface area contributed by atoms with Crippen molar-refractivity contribution < 1.29 is 0 Å². The molecule has 0 aliphatic rings. The highest BCUT2D eigenvalue weighted by atomic mass is 127. The van der Waals surface area contributed by atoms with Crippen LogP contribution in [-0.4, -0.2) is 10.5 Å². The summed E-state index contributed by atoms with van der Waals surface area (Å²) < 4.78 is 1.12. The topological polar surface area (TPSA) is 12.0 Å². The molecule has 90 valence electrons. The van der Waals surface area contributed by atoms with Gasteiger partial charge in [0.2, 0.25) is 0 Å². The molecule has 0 heterocycles. The number of alkyl halides is 1. The molecular weight excluding hydrogens is 333 g/mol. The fraction of sp³-hybridized carbons (Fsp3) is 0.538. The third-order valence-corrected chi connectivity index (χ3v) is 4.04. The van der Waals surface area contributed by atoms with Gasteiger partial charge in [0.15, 0.2) is 0 Å². The number of halogens is 2. The molecule has 1 aromatic carbocycles. The number of hydrogen-bond acceptors (Lipinski definition) is 1. The molecule has 0 amide bonds. The van der Waals surface area contributed by atoms with Gasteiger partial charge in [-0.3, -0.25) is 0 Å². The summed E-state index contributed by atoms with van der Waals surface area (Å²) in [5.41, 5.74) is 2.39. The molecule has 3 heteroatoms. The van der Waals surface area contributed by atoms with Gasteiger partial charge in [0, 0.05) is 22.0 Å². The maximum atomic E-state index is 6.19. The zero-order chi connectivity index (χ0) is 12.1. The average Bonchev–Trinajstić information content (AvgIpc) is 2.21. The summed E-state index contributed by atoms with van der Waals surface area (Å²) in [4.78, 5) is 0. The number of rotatable bonds is 5. The Morgan fingerprint density at radius 2 is 2.06 bits per heavy atom. The van der Waals surface area contributed by atoms with E-state index in [2.05, 4.69) is 60.8 Å². The Balaban J connectivity index is 2.60. The fourth-order valence-electron chi connectivity index (χ4n) is 1.51. The Hall–Kier alpha value is 0.200. The van der Waals surface area contributed by atoms with Crippen molar-refractivity contribution in [3.8, 4) is 0 Å². The summed E-state index contributed by atoms with van der Waals surface area (Å²) in [5, 5.41) is 4.42. The van der Waals surface area contributed by atoms with Crippen LogP contribution in [0, 0.1) is 12.8 Å². The maximum absolute atomic E-state index is 6.19.